The Morgan fingerprint density at radius 3 is 1.96 bits per heavy atom. The van der Waals surface area contributed by atoms with E-state index in [1.165, 1.54) is 91.2 Å². The van der Waals surface area contributed by atoms with E-state index >= 15 is 0 Å². The van der Waals surface area contributed by atoms with Crippen LogP contribution >= 0.6 is 23.1 Å². The summed E-state index contributed by atoms with van der Waals surface area (Å²) in [6.07, 6.45) is 0. The standard InChI is InChI=1S/C47H30N2S2/c1-2-10-29(11-3-1)30-22-24-33(25-23-30)49-39-16-8-6-14-36(39)44-35-13-5-4-12-34(35)38(28-40(44)49)31-18-20-32(21-19-31)47-48-46-43(51-47)27-26-42-45(46)37-15-7-9-17-41(37)50-42/h1-28,47-48H. The van der Waals surface area contributed by atoms with Gasteiger partial charge in [-0.15, -0.1) is 11.3 Å². The van der Waals surface area contributed by atoms with Crippen LogP contribution in [0.15, 0.2) is 175 Å². The minimum Gasteiger partial charge on any atom is -0.368 e. The highest BCUT2D eigenvalue weighted by Gasteiger charge is 2.26. The van der Waals surface area contributed by atoms with E-state index in [-0.39, 0.29) is 5.37 Å². The normalized spacial score (nSPS) is 14.2. The molecule has 1 unspecified atom stereocenters. The number of hydrogen-bond donors (Lipinski definition) is 1. The number of anilines is 1. The molecule has 2 nitrogen and oxygen atoms in total. The molecule has 0 bridgehead atoms. The molecule has 10 aromatic rings. The lowest BCUT2D eigenvalue weighted by atomic mass is 9.94. The number of rotatable bonds is 4. The molecule has 1 aliphatic rings. The van der Waals surface area contributed by atoms with Crippen molar-refractivity contribution < 1.29 is 0 Å². The molecule has 0 amide bonds. The van der Waals surface area contributed by atoms with Crippen LogP contribution in [-0.4, -0.2) is 4.57 Å². The second kappa shape index (κ2) is 11.4. The fourth-order valence-electron chi connectivity index (χ4n) is 8.10. The number of benzene rings is 8. The lowest BCUT2D eigenvalue weighted by molar-refractivity contribution is 1.14. The Morgan fingerprint density at radius 2 is 1.14 bits per heavy atom. The fraction of sp³-hybridized carbons (Fsp3) is 0.0213. The summed E-state index contributed by atoms with van der Waals surface area (Å²) >= 11 is 3.79. The van der Waals surface area contributed by atoms with Crippen molar-refractivity contribution in [2.75, 3.05) is 5.32 Å². The molecule has 51 heavy (non-hydrogen) atoms. The summed E-state index contributed by atoms with van der Waals surface area (Å²) in [6, 6.07) is 62.3. The highest BCUT2D eigenvalue weighted by Crippen LogP contribution is 2.52. The van der Waals surface area contributed by atoms with Crippen LogP contribution < -0.4 is 5.32 Å². The molecule has 0 saturated carbocycles. The molecule has 2 aromatic heterocycles. The smallest absolute Gasteiger partial charge is 0.103 e. The van der Waals surface area contributed by atoms with Crippen LogP contribution in [0, 0.1) is 0 Å². The van der Waals surface area contributed by atoms with Crippen LogP contribution in [0.1, 0.15) is 10.9 Å². The van der Waals surface area contributed by atoms with E-state index in [0.29, 0.717) is 0 Å². The molecule has 1 aliphatic heterocycles. The maximum Gasteiger partial charge on any atom is 0.103 e. The van der Waals surface area contributed by atoms with Crippen molar-refractivity contribution in [1.29, 1.82) is 0 Å². The Kier molecular flexibility index (Phi) is 6.45. The molecule has 1 N–H and O–H groups in total. The summed E-state index contributed by atoms with van der Waals surface area (Å²) in [5.74, 6) is 0. The van der Waals surface area contributed by atoms with E-state index in [2.05, 4.69) is 180 Å². The quantitative estimate of drug-likeness (QED) is 0.198. The van der Waals surface area contributed by atoms with E-state index in [4.69, 9.17) is 0 Å². The lowest BCUT2D eigenvalue weighted by Gasteiger charge is -2.15. The Morgan fingerprint density at radius 1 is 0.471 bits per heavy atom. The highest BCUT2D eigenvalue weighted by atomic mass is 32.2. The predicted molar refractivity (Wildman–Crippen MR) is 221 cm³/mol. The van der Waals surface area contributed by atoms with Gasteiger partial charge in [-0.2, -0.15) is 0 Å². The van der Waals surface area contributed by atoms with E-state index in [0.717, 1.165) is 5.69 Å². The van der Waals surface area contributed by atoms with Gasteiger partial charge in [0, 0.05) is 41.5 Å². The van der Waals surface area contributed by atoms with Gasteiger partial charge in [-0.05, 0) is 81.1 Å². The minimum absolute atomic E-state index is 0.166. The third-order valence-corrected chi connectivity index (χ3v) is 12.8. The average Bonchev–Trinajstić information content (AvgIpc) is 3.90. The summed E-state index contributed by atoms with van der Waals surface area (Å²) in [7, 11) is 0. The van der Waals surface area contributed by atoms with Gasteiger partial charge in [-0.1, -0.05) is 139 Å². The van der Waals surface area contributed by atoms with E-state index < -0.39 is 0 Å². The van der Waals surface area contributed by atoms with Gasteiger partial charge in [0.1, 0.15) is 5.37 Å². The van der Waals surface area contributed by atoms with Crippen molar-refractivity contribution in [2.24, 2.45) is 0 Å². The van der Waals surface area contributed by atoms with Gasteiger partial charge >= 0.3 is 0 Å². The number of nitrogens with one attached hydrogen (secondary N) is 1. The molecule has 3 heterocycles. The predicted octanol–water partition coefficient (Wildman–Crippen LogP) is 13.9. The summed E-state index contributed by atoms with van der Waals surface area (Å²) in [5, 5.41) is 11.9. The third-order valence-electron chi connectivity index (χ3n) is 10.5. The second-order valence-corrected chi connectivity index (χ2v) is 15.5. The Hall–Kier alpha value is -5.81. The van der Waals surface area contributed by atoms with Crippen molar-refractivity contribution in [3.63, 3.8) is 0 Å². The Labute approximate surface area is 303 Å². The zero-order valence-corrected chi connectivity index (χ0v) is 29.1. The Balaban J connectivity index is 1.02. The zero-order chi connectivity index (χ0) is 33.5. The first-order valence-electron chi connectivity index (χ1n) is 17.4. The number of fused-ring (bicyclic) bond motifs is 10. The van der Waals surface area contributed by atoms with Crippen molar-refractivity contribution >= 4 is 81.5 Å². The molecule has 0 fully saturated rings. The van der Waals surface area contributed by atoms with Crippen LogP contribution in [0.25, 0.3) is 80.7 Å². The van der Waals surface area contributed by atoms with Gasteiger partial charge in [0.15, 0.2) is 0 Å². The minimum atomic E-state index is 0.166. The van der Waals surface area contributed by atoms with Crippen molar-refractivity contribution in [3.05, 3.63) is 175 Å². The molecule has 1 atom stereocenters. The molecule has 240 valence electrons. The van der Waals surface area contributed by atoms with Gasteiger partial charge in [-0.3, -0.25) is 0 Å². The Bertz CT molecular complexity index is 2960. The summed E-state index contributed by atoms with van der Waals surface area (Å²) in [6.45, 7) is 0. The summed E-state index contributed by atoms with van der Waals surface area (Å²) in [4.78, 5) is 1.32. The number of aromatic nitrogens is 1. The SMILES string of the molecule is c1ccc(-c2ccc(-n3c4ccccc4c4c5ccccc5c(-c5ccc(C6Nc7c(ccc8sc9ccccc9c78)S6)cc5)cc43)cc2)cc1. The number of thioether (sulfide) groups is 1. The van der Waals surface area contributed by atoms with Crippen LogP contribution in [0.2, 0.25) is 0 Å². The average molecular weight is 687 g/mol. The molecular weight excluding hydrogens is 657 g/mol. The van der Waals surface area contributed by atoms with Crippen LogP contribution in [0.3, 0.4) is 0 Å². The van der Waals surface area contributed by atoms with Crippen molar-refractivity contribution in [2.45, 2.75) is 10.3 Å². The van der Waals surface area contributed by atoms with E-state index in [1.807, 2.05) is 23.1 Å². The summed E-state index contributed by atoms with van der Waals surface area (Å²) < 4.78 is 5.12. The van der Waals surface area contributed by atoms with Crippen LogP contribution in [-0.2, 0) is 0 Å². The first kappa shape index (κ1) is 29.0. The molecule has 0 radical (unpaired) electrons. The lowest BCUT2D eigenvalue weighted by Crippen LogP contribution is -2.01. The van der Waals surface area contributed by atoms with Crippen molar-refractivity contribution in [1.82, 2.24) is 4.57 Å². The first-order chi connectivity index (χ1) is 25.3. The number of thiophene rings is 1. The number of nitrogens with zero attached hydrogens (tertiary/aromatic N) is 1. The maximum absolute atomic E-state index is 3.91. The maximum atomic E-state index is 3.91. The largest absolute Gasteiger partial charge is 0.368 e. The molecular formula is C47H30N2S2. The molecule has 0 saturated heterocycles. The van der Waals surface area contributed by atoms with Gasteiger partial charge in [0.2, 0.25) is 0 Å². The third kappa shape index (κ3) is 4.50. The molecule has 4 heteroatoms. The molecule has 8 aromatic carbocycles. The van der Waals surface area contributed by atoms with Crippen LogP contribution in [0.4, 0.5) is 5.69 Å². The number of para-hydroxylation sites is 1. The zero-order valence-electron chi connectivity index (χ0n) is 27.5. The van der Waals surface area contributed by atoms with Gasteiger partial charge in [0.25, 0.3) is 0 Å². The molecule has 0 aliphatic carbocycles. The topological polar surface area (TPSA) is 17.0 Å². The van der Waals surface area contributed by atoms with Crippen LogP contribution in [0.5, 0.6) is 0 Å². The fourth-order valence-corrected chi connectivity index (χ4v) is 10.4. The van der Waals surface area contributed by atoms with E-state index in [1.54, 1.807) is 0 Å². The molecule has 11 rings (SSSR count). The van der Waals surface area contributed by atoms with Gasteiger partial charge in [0.05, 0.1) is 16.7 Å². The van der Waals surface area contributed by atoms with E-state index in [9.17, 15) is 0 Å². The number of hydrogen-bond acceptors (Lipinski definition) is 3. The molecule has 0 spiro atoms. The monoisotopic (exact) mass is 686 g/mol. The summed E-state index contributed by atoms with van der Waals surface area (Å²) in [5.41, 5.74) is 11.1. The van der Waals surface area contributed by atoms with Crippen molar-refractivity contribution in [3.8, 4) is 27.9 Å². The van der Waals surface area contributed by atoms with Gasteiger partial charge in [-0.25, -0.2) is 0 Å². The van der Waals surface area contributed by atoms with Gasteiger partial charge < -0.3 is 9.88 Å². The first-order valence-corrected chi connectivity index (χ1v) is 19.1. The second-order valence-electron chi connectivity index (χ2n) is 13.3. The highest BCUT2D eigenvalue weighted by molar-refractivity contribution is 8.00.